The number of piperidine rings is 2. The maximum atomic E-state index is 13.6. The first-order valence-corrected chi connectivity index (χ1v) is 22.8. The van der Waals surface area contributed by atoms with Crippen LogP contribution in [0.5, 0.6) is 0 Å². The Bertz CT molecular complexity index is 2140. The van der Waals surface area contributed by atoms with Gasteiger partial charge in [-0.2, -0.15) is 0 Å². The number of hydrogen-bond donors (Lipinski definition) is 4. The molecule has 0 atom stereocenters. The molecule has 0 radical (unpaired) electrons. The molecule has 11 rings (SSSR count). The van der Waals surface area contributed by atoms with Gasteiger partial charge in [0.1, 0.15) is 11.4 Å². The third-order valence-electron chi connectivity index (χ3n) is 14.1. The van der Waals surface area contributed by atoms with E-state index >= 15 is 0 Å². The Hall–Kier alpha value is -5.12. The van der Waals surface area contributed by atoms with Crippen molar-refractivity contribution in [2.75, 3.05) is 26.2 Å². The largest absolute Gasteiger partial charge is 0.366 e. The van der Waals surface area contributed by atoms with Gasteiger partial charge in [-0.05, 0) is 75.3 Å². The van der Waals surface area contributed by atoms with Gasteiger partial charge >= 0.3 is 0 Å². The number of carbonyl (C=O) groups is 4. The number of benzene rings is 2. The number of aromatic nitrogens is 2. The average Bonchev–Trinajstić information content (AvgIpc) is 3.96. The van der Waals surface area contributed by atoms with Crippen molar-refractivity contribution in [1.82, 2.24) is 30.4 Å². The molecule has 9 heterocycles. The SMILES string of the molecule is O=C1NC(=O)C2=C1c1c([nH]c3ccccc13)CCCCCCCCCCCCc1[nH]c3ccccc3c1C1=C(C(=O)NC1=O)N1CCC(CCCC3CCN2CC3)CC1. The average molecular weight is 797 g/mol. The summed E-state index contributed by atoms with van der Waals surface area (Å²) in [5.74, 6) is 0.0978. The van der Waals surface area contributed by atoms with Crippen molar-refractivity contribution in [2.24, 2.45) is 11.8 Å². The van der Waals surface area contributed by atoms with Crippen LogP contribution in [0.1, 0.15) is 132 Å². The second-order valence-corrected chi connectivity index (χ2v) is 17.9. The standard InChI is InChI=1S/C49H60N6O4/c56-46-42-40-34-18-11-13-20-36(34)50-38(40)22-9-7-5-3-1-2-4-6-8-10-23-39-41(35-19-12-14-21-37(35)51-39)43-45(49(59)53-47(43)57)55-30-26-33(27-31-55)17-15-16-32-24-28-54(29-25-32)44(42)48(58)52-46/h11-14,18-21,32-33,50-51H,1-10,15-17,22-31H2,(H,52,56,58)(H,53,57,59). The van der Waals surface area contributed by atoms with Crippen LogP contribution >= 0.6 is 0 Å². The molecule has 7 aliphatic heterocycles. The van der Waals surface area contributed by atoms with Crippen LogP contribution in [0.15, 0.2) is 59.9 Å². The van der Waals surface area contributed by atoms with Gasteiger partial charge < -0.3 is 19.8 Å². The number of para-hydroxylation sites is 2. The summed E-state index contributed by atoms with van der Waals surface area (Å²) in [5, 5.41) is 7.38. The Labute approximate surface area is 347 Å². The highest BCUT2D eigenvalue weighted by atomic mass is 16.2. The van der Waals surface area contributed by atoms with Crippen LogP contribution in [0.2, 0.25) is 0 Å². The molecule has 0 aliphatic carbocycles. The van der Waals surface area contributed by atoms with Gasteiger partial charge in [0.05, 0.1) is 11.1 Å². The zero-order chi connectivity index (χ0) is 40.3. The van der Waals surface area contributed by atoms with Crippen molar-refractivity contribution in [3.05, 3.63) is 82.4 Å². The Morgan fingerprint density at radius 3 is 1.20 bits per heavy atom. The number of nitrogens with one attached hydrogen (secondary N) is 4. The third kappa shape index (κ3) is 8.12. The minimum absolute atomic E-state index is 0.267. The van der Waals surface area contributed by atoms with Gasteiger partial charge in [0.15, 0.2) is 0 Å². The van der Waals surface area contributed by atoms with E-state index in [0.29, 0.717) is 34.4 Å². The van der Waals surface area contributed by atoms with Crippen LogP contribution in [0.25, 0.3) is 33.0 Å². The molecule has 0 spiro atoms. The number of fused-ring (bicyclic) bond motifs is 4. The topological polar surface area (TPSA) is 130 Å². The van der Waals surface area contributed by atoms with Gasteiger partial charge in [-0.1, -0.05) is 107 Å². The second-order valence-electron chi connectivity index (χ2n) is 17.9. The van der Waals surface area contributed by atoms with Crippen molar-refractivity contribution in [2.45, 2.75) is 122 Å². The molecule has 4 amide bonds. The van der Waals surface area contributed by atoms with Crippen LogP contribution in [-0.2, 0) is 32.0 Å². The molecular weight excluding hydrogens is 737 g/mol. The summed E-state index contributed by atoms with van der Waals surface area (Å²) in [6.07, 6.45) is 20.8. The number of hydrogen-bond acceptors (Lipinski definition) is 6. The maximum Gasteiger partial charge on any atom is 0.275 e. The third-order valence-corrected chi connectivity index (χ3v) is 14.1. The Morgan fingerprint density at radius 1 is 0.424 bits per heavy atom. The minimum Gasteiger partial charge on any atom is -0.366 e. The van der Waals surface area contributed by atoms with Gasteiger partial charge in [-0.3, -0.25) is 29.8 Å². The zero-order valence-corrected chi connectivity index (χ0v) is 34.6. The predicted octanol–water partition coefficient (Wildman–Crippen LogP) is 8.68. The van der Waals surface area contributed by atoms with Gasteiger partial charge in [0.2, 0.25) is 0 Å². The molecule has 7 aliphatic rings. The molecule has 0 saturated carbocycles. The highest BCUT2D eigenvalue weighted by Crippen LogP contribution is 2.39. The summed E-state index contributed by atoms with van der Waals surface area (Å²) < 4.78 is 0. The lowest BCUT2D eigenvalue weighted by molar-refractivity contribution is -0.126. The number of amides is 4. The summed E-state index contributed by atoms with van der Waals surface area (Å²) in [4.78, 5) is 65.9. The fraction of sp³-hybridized carbons (Fsp3) is 0.510. The Kier molecular flexibility index (Phi) is 11.7. The van der Waals surface area contributed by atoms with Crippen molar-refractivity contribution in [1.29, 1.82) is 0 Å². The fourth-order valence-corrected chi connectivity index (χ4v) is 10.9. The number of H-pyrrole nitrogens is 2. The summed E-state index contributed by atoms with van der Waals surface area (Å²) in [7, 11) is 0. The Morgan fingerprint density at radius 2 is 0.797 bits per heavy atom. The number of aromatic amines is 2. The quantitative estimate of drug-likeness (QED) is 0.132. The minimum atomic E-state index is -0.277. The normalized spacial score (nSPS) is 23.6. The smallest absolute Gasteiger partial charge is 0.275 e. The highest BCUT2D eigenvalue weighted by molar-refractivity contribution is 6.38. The van der Waals surface area contributed by atoms with E-state index < -0.39 is 0 Å². The van der Waals surface area contributed by atoms with Crippen LogP contribution in [0, 0.1) is 11.8 Å². The molecule has 4 bridgehead atoms. The monoisotopic (exact) mass is 796 g/mol. The van der Waals surface area contributed by atoms with Gasteiger partial charge in [0, 0.05) is 70.5 Å². The first-order valence-electron chi connectivity index (χ1n) is 22.8. The van der Waals surface area contributed by atoms with Gasteiger partial charge in [0.25, 0.3) is 23.6 Å². The lowest BCUT2D eigenvalue weighted by atomic mass is 9.86. The molecule has 2 saturated heterocycles. The number of nitrogens with zero attached hydrogens (tertiary/aromatic N) is 2. The molecular formula is C49H60N6O4. The predicted molar refractivity (Wildman–Crippen MR) is 233 cm³/mol. The van der Waals surface area contributed by atoms with Crippen molar-refractivity contribution in [3.8, 4) is 0 Å². The van der Waals surface area contributed by atoms with E-state index in [4.69, 9.17) is 0 Å². The van der Waals surface area contributed by atoms with E-state index in [-0.39, 0.29) is 23.6 Å². The number of rotatable bonds is 0. The number of carbonyl (C=O) groups excluding carboxylic acids is 4. The molecule has 2 fully saturated rings. The summed E-state index contributed by atoms with van der Waals surface area (Å²) >= 11 is 0. The zero-order valence-electron chi connectivity index (χ0n) is 34.6. The molecule has 2 aromatic carbocycles. The molecule has 10 heteroatoms. The maximum absolute atomic E-state index is 13.6. The molecule has 2 aromatic heterocycles. The van der Waals surface area contributed by atoms with E-state index in [1.54, 1.807) is 0 Å². The van der Waals surface area contributed by atoms with Crippen molar-refractivity contribution >= 4 is 56.6 Å². The number of imide groups is 2. The number of aryl methyl sites for hydroxylation is 2. The lowest BCUT2D eigenvalue weighted by Crippen LogP contribution is -2.37. The first kappa shape index (κ1) is 39.3. The van der Waals surface area contributed by atoms with Crippen LogP contribution in [0.4, 0.5) is 0 Å². The van der Waals surface area contributed by atoms with Gasteiger partial charge in [-0.15, -0.1) is 0 Å². The van der Waals surface area contributed by atoms with E-state index in [1.807, 2.05) is 24.3 Å². The van der Waals surface area contributed by atoms with E-state index in [9.17, 15) is 19.2 Å². The second kappa shape index (κ2) is 17.6. The van der Waals surface area contributed by atoms with Crippen LogP contribution < -0.4 is 10.6 Å². The Balaban J connectivity index is 0.925. The molecule has 310 valence electrons. The first-order chi connectivity index (χ1) is 28.9. The van der Waals surface area contributed by atoms with Crippen molar-refractivity contribution < 1.29 is 19.2 Å². The summed E-state index contributed by atoms with van der Waals surface area (Å²) in [6, 6.07) is 16.4. The van der Waals surface area contributed by atoms with E-state index in [0.717, 1.165) is 154 Å². The lowest BCUT2D eigenvalue weighted by Gasteiger charge is -2.35. The fourth-order valence-electron chi connectivity index (χ4n) is 10.9. The molecule has 10 nitrogen and oxygen atoms in total. The highest BCUT2D eigenvalue weighted by Gasteiger charge is 2.40. The van der Waals surface area contributed by atoms with E-state index in [2.05, 4.69) is 54.7 Å². The van der Waals surface area contributed by atoms with Gasteiger partial charge in [-0.25, -0.2) is 0 Å². The van der Waals surface area contributed by atoms with E-state index in [1.165, 1.54) is 38.5 Å². The summed E-state index contributed by atoms with van der Waals surface area (Å²) in [6.45, 7) is 3.10. The molecule has 4 N–H and O–H groups in total. The van der Waals surface area contributed by atoms with Crippen LogP contribution in [0.3, 0.4) is 0 Å². The van der Waals surface area contributed by atoms with Crippen LogP contribution in [-0.4, -0.2) is 69.6 Å². The molecule has 4 aromatic rings. The van der Waals surface area contributed by atoms with Crippen molar-refractivity contribution in [3.63, 3.8) is 0 Å². The summed E-state index contributed by atoms with van der Waals surface area (Å²) in [5.41, 5.74) is 8.19. The molecule has 0 unspecified atom stereocenters. The molecule has 59 heavy (non-hydrogen) atoms.